The van der Waals surface area contributed by atoms with Crippen LogP contribution in [-0.2, 0) is 13.8 Å². The van der Waals surface area contributed by atoms with Crippen LogP contribution in [0.15, 0.2) is 17.1 Å². The molecule has 0 aliphatic carbocycles. The Balaban J connectivity index is 2.16. The summed E-state index contributed by atoms with van der Waals surface area (Å²) in [6, 6.07) is 1.29. The summed E-state index contributed by atoms with van der Waals surface area (Å²) in [7, 11) is -4.74. The van der Waals surface area contributed by atoms with Gasteiger partial charge in [0.05, 0.1) is 6.61 Å². The van der Waals surface area contributed by atoms with E-state index in [4.69, 9.17) is 20.3 Å². The molecule has 6 N–H and O–H groups in total. The van der Waals surface area contributed by atoms with Gasteiger partial charge in [-0.2, -0.15) is 4.98 Å². The second-order valence-electron chi connectivity index (χ2n) is 4.37. The number of phosphoric acid groups is 1. The minimum absolute atomic E-state index is 0.0225. The monoisotopic (exact) mass is 326 g/mol. The topological polar surface area (TPSA) is 177 Å². The predicted molar refractivity (Wildman–Crippen MR) is 66.8 cm³/mol. The minimum atomic E-state index is -4.74. The third kappa shape index (κ3) is 3.66. The van der Waals surface area contributed by atoms with Gasteiger partial charge < -0.3 is 30.5 Å². The molecule has 0 unspecified atom stereocenters. The van der Waals surface area contributed by atoms with Crippen LogP contribution in [0.3, 0.4) is 0 Å². The standard InChI is InChI=1S/C9H14N3O8P/c10-5-1-2-12(9(15)11-5)8-7(14)6(13)4(20-8)3-19-21(16,17)18/h1-2,4,6-8,13-14H,3H2,(H2,10,11,15)(H2,16,17,18)/t4-,6-,7-,8-/m1/s1/i10+1,11+1,12+1. The number of nitrogen functional groups attached to an aromatic ring is 1. The molecule has 0 radical (unpaired) electrons. The summed E-state index contributed by atoms with van der Waals surface area (Å²) < 4.78 is 20.9. The quantitative estimate of drug-likeness (QED) is 0.295. The van der Waals surface area contributed by atoms with Crippen LogP contribution in [0.5, 0.6) is 0 Å². The Morgan fingerprint density at radius 1 is 1.43 bits per heavy atom. The molecule has 0 saturated carbocycles. The van der Waals surface area contributed by atoms with Gasteiger partial charge >= 0.3 is 13.5 Å². The van der Waals surface area contributed by atoms with Gasteiger partial charge in [0, 0.05) is 6.20 Å². The fourth-order valence-electron chi connectivity index (χ4n) is 1.89. The number of hydrogen-bond donors (Lipinski definition) is 5. The van der Waals surface area contributed by atoms with Crippen LogP contribution in [-0.4, -0.2) is 54.5 Å². The van der Waals surface area contributed by atoms with Crippen LogP contribution in [0.1, 0.15) is 6.23 Å². The highest BCUT2D eigenvalue weighted by Gasteiger charge is 2.44. The molecule has 0 aromatic carbocycles. The molecule has 1 aliphatic heterocycles. The zero-order valence-corrected chi connectivity index (χ0v) is 11.4. The van der Waals surface area contributed by atoms with Crippen molar-refractivity contribution in [3.05, 3.63) is 22.7 Å². The maximum absolute atomic E-state index is 11.6. The molecular formula is C9H14N3O8P. The van der Waals surface area contributed by atoms with Crippen LogP contribution in [0.2, 0.25) is 0 Å². The smallest absolute Gasteiger partial charge is 0.387 e. The molecule has 1 aromatic heterocycles. The van der Waals surface area contributed by atoms with Crippen LogP contribution in [0, 0.1) is 0 Å². The summed E-state index contributed by atoms with van der Waals surface area (Å²) in [5.74, 6) is -0.0225. The van der Waals surface area contributed by atoms with Gasteiger partial charge in [0.15, 0.2) is 6.23 Å². The molecule has 4 atom stereocenters. The molecule has 118 valence electrons. The highest BCUT2D eigenvalue weighted by Crippen LogP contribution is 2.38. The predicted octanol–water partition coefficient (Wildman–Crippen LogP) is -2.45. The zero-order valence-electron chi connectivity index (χ0n) is 10.5. The highest BCUT2D eigenvalue weighted by atomic mass is 31.2. The number of nitrogens with two attached hydrogens (primary N) is 1. The average Bonchev–Trinajstić information content (AvgIpc) is 2.64. The fourth-order valence-corrected chi connectivity index (χ4v) is 2.23. The van der Waals surface area contributed by atoms with E-state index in [0.717, 1.165) is 4.57 Å². The fraction of sp³-hybridized carbons (Fsp3) is 0.556. The lowest BCUT2D eigenvalue weighted by Crippen LogP contribution is -2.36. The molecule has 0 amide bonds. The molecule has 1 fully saturated rings. The first-order chi connectivity index (χ1) is 9.69. The number of nitrogens with zero attached hydrogens (tertiary/aromatic N) is 2. The van der Waals surface area contributed by atoms with E-state index >= 15 is 0 Å². The Morgan fingerprint density at radius 2 is 2.10 bits per heavy atom. The number of anilines is 1. The number of hydrogen-bond acceptors (Lipinski definition) is 8. The second kappa shape index (κ2) is 5.81. The molecule has 0 bridgehead atoms. The van der Waals surface area contributed by atoms with Crippen molar-refractivity contribution in [3.8, 4) is 0 Å². The van der Waals surface area contributed by atoms with E-state index in [-0.39, 0.29) is 5.82 Å². The number of ether oxygens (including phenoxy) is 1. The van der Waals surface area contributed by atoms with Crippen molar-refractivity contribution >= 4 is 13.6 Å². The lowest BCUT2D eigenvalue weighted by molar-refractivity contribution is -0.0542. The summed E-state index contributed by atoms with van der Waals surface area (Å²) in [5.41, 5.74) is 4.52. The Labute approximate surface area is 117 Å². The third-order valence-electron chi connectivity index (χ3n) is 2.87. The van der Waals surface area contributed by atoms with E-state index in [9.17, 15) is 19.6 Å². The summed E-state index contributed by atoms with van der Waals surface area (Å²) in [6.45, 7) is -0.657. The maximum atomic E-state index is 11.6. The summed E-state index contributed by atoms with van der Waals surface area (Å²) >= 11 is 0. The van der Waals surface area contributed by atoms with Gasteiger partial charge in [-0.25, -0.2) is 9.36 Å². The van der Waals surface area contributed by atoms with Crippen molar-refractivity contribution in [2.24, 2.45) is 0 Å². The van der Waals surface area contributed by atoms with E-state index in [1.165, 1.54) is 12.3 Å². The van der Waals surface area contributed by atoms with E-state index in [1.807, 2.05) is 0 Å². The molecule has 11 nitrogen and oxygen atoms in total. The van der Waals surface area contributed by atoms with Crippen molar-refractivity contribution in [2.75, 3.05) is 12.3 Å². The lowest BCUT2D eigenvalue weighted by atomic mass is 10.1. The van der Waals surface area contributed by atoms with Crippen molar-refractivity contribution in [1.82, 2.24) is 9.55 Å². The molecule has 12 heteroatoms. The van der Waals surface area contributed by atoms with Crippen LogP contribution >= 0.6 is 7.82 Å². The zero-order chi connectivity index (χ0) is 15.8. The molecule has 1 saturated heterocycles. The van der Waals surface area contributed by atoms with Gasteiger partial charge in [-0.15, -0.1) is 0 Å². The summed E-state index contributed by atoms with van der Waals surface area (Å²) in [4.78, 5) is 32.3. The number of aliphatic hydroxyl groups excluding tert-OH is 2. The van der Waals surface area contributed by atoms with E-state index < -0.39 is 44.7 Å². The minimum Gasteiger partial charge on any atom is -0.387 e. The maximum Gasteiger partial charge on any atom is 0.469 e. The number of aliphatic hydroxyl groups is 2. The molecule has 2 heterocycles. The first-order valence-electron chi connectivity index (χ1n) is 5.75. The van der Waals surface area contributed by atoms with Crippen molar-refractivity contribution < 1.29 is 33.8 Å². The van der Waals surface area contributed by atoms with Crippen LogP contribution in [0.4, 0.5) is 5.82 Å². The second-order valence-corrected chi connectivity index (χ2v) is 5.61. The van der Waals surface area contributed by atoms with Crippen molar-refractivity contribution in [1.29, 1.82) is 0 Å². The van der Waals surface area contributed by atoms with E-state index in [1.54, 1.807) is 0 Å². The largest absolute Gasteiger partial charge is 0.469 e. The van der Waals surface area contributed by atoms with Gasteiger partial charge in [0.1, 0.15) is 24.1 Å². The first-order valence-corrected chi connectivity index (χ1v) is 7.28. The Hall–Kier alpha value is -1.33. The van der Waals surface area contributed by atoms with Gasteiger partial charge in [-0.05, 0) is 6.07 Å². The Morgan fingerprint density at radius 3 is 2.67 bits per heavy atom. The molecule has 2 rings (SSSR count). The molecule has 0 spiro atoms. The van der Waals surface area contributed by atoms with Gasteiger partial charge in [0.25, 0.3) is 0 Å². The SMILES string of the molecule is [15NH2]c1cc[15n]([C@@H]2O[C@H](COP(=O)(O)O)[C@@H](O)[C@H]2O)c(=O)[15n]1. The summed E-state index contributed by atoms with van der Waals surface area (Å²) in [5, 5.41) is 19.6. The molecule has 21 heavy (non-hydrogen) atoms. The van der Waals surface area contributed by atoms with Crippen LogP contribution < -0.4 is 11.4 Å². The Kier molecular flexibility index (Phi) is 4.44. The lowest BCUT2D eigenvalue weighted by Gasteiger charge is -2.16. The number of rotatable bonds is 4. The number of aromatic nitrogens is 2. The first kappa shape index (κ1) is 16.0. The molecule has 1 aliphatic rings. The molecular weight excluding hydrogens is 312 g/mol. The van der Waals surface area contributed by atoms with Gasteiger partial charge in [-0.3, -0.25) is 9.09 Å². The van der Waals surface area contributed by atoms with Gasteiger partial charge in [0.2, 0.25) is 0 Å². The van der Waals surface area contributed by atoms with Gasteiger partial charge in [-0.1, -0.05) is 0 Å². The molecule has 1 aromatic rings. The van der Waals surface area contributed by atoms with Crippen molar-refractivity contribution in [2.45, 2.75) is 24.5 Å². The van der Waals surface area contributed by atoms with E-state index in [2.05, 4.69) is 9.51 Å². The third-order valence-corrected chi connectivity index (χ3v) is 3.36. The highest BCUT2D eigenvalue weighted by molar-refractivity contribution is 7.46. The van der Waals surface area contributed by atoms with Crippen molar-refractivity contribution in [3.63, 3.8) is 0 Å². The van der Waals surface area contributed by atoms with E-state index in [0.29, 0.717) is 0 Å². The van der Waals surface area contributed by atoms with Crippen LogP contribution in [0.25, 0.3) is 0 Å². The normalized spacial score (nSPS) is 29.7. The number of phosphoric ester groups is 1. The summed E-state index contributed by atoms with van der Waals surface area (Å²) in [6.07, 6.45) is -4.27. The average molecular weight is 326 g/mol. The Bertz CT molecular complexity index is 615.